The summed E-state index contributed by atoms with van der Waals surface area (Å²) in [5.41, 5.74) is 0.750. The molecule has 0 spiro atoms. The molecule has 0 aliphatic rings. The van der Waals surface area contributed by atoms with Crippen LogP contribution in [0, 0.1) is 0 Å². The normalized spacial score (nSPS) is 13.5. The smallest absolute Gasteiger partial charge is 0.370 e. The third-order valence-electron chi connectivity index (χ3n) is 2.47. The Bertz CT molecular complexity index is 384. The summed E-state index contributed by atoms with van der Waals surface area (Å²) in [5, 5.41) is 3.66. The van der Waals surface area contributed by atoms with Crippen molar-refractivity contribution in [1.82, 2.24) is 5.32 Å². The summed E-state index contributed by atoms with van der Waals surface area (Å²) in [7, 11) is 0. The highest BCUT2D eigenvalue weighted by Gasteiger charge is 2.28. The van der Waals surface area contributed by atoms with Gasteiger partial charge in [0.15, 0.2) is 0 Å². The van der Waals surface area contributed by atoms with Crippen LogP contribution in [0.15, 0.2) is 24.3 Å². The van der Waals surface area contributed by atoms with Crippen molar-refractivity contribution >= 4 is 11.6 Å². The van der Waals surface area contributed by atoms with Crippen LogP contribution in [0.1, 0.15) is 24.9 Å². The maximum Gasteiger partial charge on any atom is 0.411 e. The van der Waals surface area contributed by atoms with Crippen molar-refractivity contribution in [3.63, 3.8) is 0 Å². The molecule has 1 aromatic carbocycles. The monoisotopic (exact) mass is 295 g/mol. The summed E-state index contributed by atoms with van der Waals surface area (Å²) in [6.45, 7) is 1.35. The van der Waals surface area contributed by atoms with Crippen LogP contribution in [0.3, 0.4) is 0 Å². The largest absolute Gasteiger partial charge is 0.411 e. The van der Waals surface area contributed by atoms with Crippen LogP contribution in [-0.4, -0.2) is 25.9 Å². The van der Waals surface area contributed by atoms with E-state index in [1.54, 1.807) is 24.3 Å². The van der Waals surface area contributed by atoms with Gasteiger partial charge in [0, 0.05) is 5.02 Å². The first-order valence-electron chi connectivity index (χ1n) is 6.06. The molecule has 108 valence electrons. The molecule has 0 radical (unpaired) electrons. The van der Waals surface area contributed by atoms with Gasteiger partial charge >= 0.3 is 6.18 Å². The SMILES string of the molecule is CCCNC(COCC(F)(F)F)c1ccccc1Cl. The van der Waals surface area contributed by atoms with E-state index in [0.29, 0.717) is 11.6 Å². The zero-order valence-corrected chi connectivity index (χ0v) is 11.4. The zero-order valence-electron chi connectivity index (χ0n) is 10.6. The van der Waals surface area contributed by atoms with E-state index in [2.05, 4.69) is 5.32 Å². The Kier molecular flexibility index (Phi) is 6.62. The fourth-order valence-electron chi connectivity index (χ4n) is 1.63. The van der Waals surface area contributed by atoms with Crippen molar-refractivity contribution in [1.29, 1.82) is 0 Å². The van der Waals surface area contributed by atoms with Crippen molar-refractivity contribution in [3.8, 4) is 0 Å². The average Bonchev–Trinajstić information content (AvgIpc) is 2.33. The van der Waals surface area contributed by atoms with E-state index in [4.69, 9.17) is 16.3 Å². The van der Waals surface area contributed by atoms with E-state index < -0.39 is 12.8 Å². The molecule has 0 aliphatic heterocycles. The van der Waals surface area contributed by atoms with E-state index in [-0.39, 0.29) is 12.6 Å². The molecule has 19 heavy (non-hydrogen) atoms. The lowest BCUT2D eigenvalue weighted by Gasteiger charge is -2.20. The summed E-state index contributed by atoms with van der Waals surface area (Å²) >= 11 is 6.05. The van der Waals surface area contributed by atoms with Crippen LogP contribution in [0.25, 0.3) is 0 Å². The zero-order chi connectivity index (χ0) is 14.3. The number of alkyl halides is 3. The molecule has 0 aromatic heterocycles. The first-order chi connectivity index (χ1) is 8.94. The van der Waals surface area contributed by atoms with Crippen LogP contribution in [-0.2, 0) is 4.74 Å². The van der Waals surface area contributed by atoms with Crippen molar-refractivity contribution in [3.05, 3.63) is 34.9 Å². The van der Waals surface area contributed by atoms with Gasteiger partial charge in [0.25, 0.3) is 0 Å². The van der Waals surface area contributed by atoms with E-state index in [0.717, 1.165) is 12.0 Å². The standard InChI is InChI=1S/C13H17ClF3NO/c1-2-7-18-12(8-19-9-13(15,16)17)10-5-3-4-6-11(10)14/h3-6,12,18H,2,7-9H2,1H3. The minimum absolute atomic E-state index is 0.0662. The lowest BCUT2D eigenvalue weighted by molar-refractivity contribution is -0.175. The Hall–Kier alpha value is -0.780. The Balaban J connectivity index is 2.64. The van der Waals surface area contributed by atoms with Crippen molar-refractivity contribution in [2.45, 2.75) is 25.6 Å². The van der Waals surface area contributed by atoms with Gasteiger partial charge in [0.05, 0.1) is 12.6 Å². The van der Waals surface area contributed by atoms with Crippen LogP contribution in [0.5, 0.6) is 0 Å². The second-order valence-corrected chi connectivity index (χ2v) is 4.57. The number of rotatable bonds is 7. The van der Waals surface area contributed by atoms with Crippen LogP contribution in [0.2, 0.25) is 5.02 Å². The Labute approximate surface area is 115 Å². The molecule has 0 aliphatic carbocycles. The molecular formula is C13H17ClF3NO. The van der Waals surface area contributed by atoms with Gasteiger partial charge in [0.1, 0.15) is 6.61 Å². The van der Waals surface area contributed by atoms with Crippen LogP contribution >= 0.6 is 11.6 Å². The molecule has 1 rings (SSSR count). The quantitative estimate of drug-likeness (QED) is 0.822. The van der Waals surface area contributed by atoms with E-state index in [1.165, 1.54) is 0 Å². The van der Waals surface area contributed by atoms with Crippen LogP contribution in [0.4, 0.5) is 13.2 Å². The molecule has 6 heteroatoms. The third-order valence-corrected chi connectivity index (χ3v) is 2.82. The van der Waals surface area contributed by atoms with Gasteiger partial charge in [-0.05, 0) is 24.6 Å². The summed E-state index contributed by atoms with van der Waals surface area (Å²) in [6, 6.07) is 6.73. The number of benzene rings is 1. The molecule has 1 atom stereocenters. The Morgan fingerprint density at radius 3 is 2.58 bits per heavy atom. The van der Waals surface area contributed by atoms with E-state index in [1.807, 2.05) is 6.92 Å². The molecule has 2 nitrogen and oxygen atoms in total. The predicted molar refractivity (Wildman–Crippen MR) is 69.4 cm³/mol. The summed E-state index contributed by atoms with van der Waals surface area (Å²) in [5.74, 6) is 0. The Morgan fingerprint density at radius 2 is 2.00 bits per heavy atom. The summed E-state index contributed by atoms with van der Waals surface area (Å²) in [4.78, 5) is 0. The fraction of sp³-hybridized carbons (Fsp3) is 0.538. The summed E-state index contributed by atoms with van der Waals surface area (Å²) in [6.07, 6.45) is -3.43. The van der Waals surface area contributed by atoms with Gasteiger partial charge in [-0.15, -0.1) is 0 Å². The number of halogens is 4. The minimum Gasteiger partial charge on any atom is -0.370 e. The van der Waals surface area contributed by atoms with Crippen molar-refractivity contribution < 1.29 is 17.9 Å². The maximum absolute atomic E-state index is 12.1. The van der Waals surface area contributed by atoms with E-state index in [9.17, 15) is 13.2 Å². The second-order valence-electron chi connectivity index (χ2n) is 4.16. The lowest BCUT2D eigenvalue weighted by atomic mass is 10.1. The predicted octanol–water partition coefficient (Wildman–Crippen LogP) is 3.96. The topological polar surface area (TPSA) is 21.3 Å². The highest BCUT2D eigenvalue weighted by molar-refractivity contribution is 6.31. The first-order valence-corrected chi connectivity index (χ1v) is 6.44. The van der Waals surface area contributed by atoms with Gasteiger partial charge < -0.3 is 10.1 Å². The molecular weight excluding hydrogens is 279 g/mol. The lowest BCUT2D eigenvalue weighted by Crippen LogP contribution is -2.28. The molecule has 0 bridgehead atoms. The fourth-order valence-corrected chi connectivity index (χ4v) is 1.89. The average molecular weight is 296 g/mol. The third kappa shape index (κ3) is 6.27. The molecule has 0 saturated heterocycles. The van der Waals surface area contributed by atoms with Gasteiger partial charge in [-0.3, -0.25) is 0 Å². The number of nitrogens with one attached hydrogen (secondary N) is 1. The molecule has 1 aromatic rings. The minimum atomic E-state index is -4.31. The highest BCUT2D eigenvalue weighted by Crippen LogP contribution is 2.24. The molecule has 1 N–H and O–H groups in total. The number of hydrogen-bond donors (Lipinski definition) is 1. The van der Waals surface area contributed by atoms with Gasteiger partial charge in [0.2, 0.25) is 0 Å². The van der Waals surface area contributed by atoms with Gasteiger partial charge in [-0.1, -0.05) is 36.7 Å². The molecule has 1 unspecified atom stereocenters. The van der Waals surface area contributed by atoms with E-state index >= 15 is 0 Å². The molecule has 0 amide bonds. The maximum atomic E-state index is 12.1. The summed E-state index contributed by atoms with van der Waals surface area (Å²) < 4.78 is 40.9. The second kappa shape index (κ2) is 7.72. The molecule has 0 fully saturated rings. The Morgan fingerprint density at radius 1 is 1.32 bits per heavy atom. The van der Waals surface area contributed by atoms with Crippen molar-refractivity contribution in [2.24, 2.45) is 0 Å². The van der Waals surface area contributed by atoms with Crippen LogP contribution < -0.4 is 5.32 Å². The van der Waals surface area contributed by atoms with Gasteiger partial charge in [-0.2, -0.15) is 13.2 Å². The van der Waals surface area contributed by atoms with Gasteiger partial charge in [-0.25, -0.2) is 0 Å². The molecule has 0 saturated carbocycles. The van der Waals surface area contributed by atoms with Crippen molar-refractivity contribution in [2.75, 3.05) is 19.8 Å². The first kappa shape index (κ1) is 16.3. The number of ether oxygens (including phenoxy) is 1. The molecule has 0 heterocycles. The number of hydrogen-bond acceptors (Lipinski definition) is 2. The highest BCUT2D eigenvalue weighted by atomic mass is 35.5.